The van der Waals surface area contributed by atoms with Gasteiger partial charge in [0, 0.05) is 17.7 Å². The number of rotatable bonds is 4. The van der Waals surface area contributed by atoms with Crippen molar-refractivity contribution in [3.05, 3.63) is 106 Å². The van der Waals surface area contributed by atoms with E-state index >= 15 is 0 Å². The number of aromatic amines is 1. The molecule has 1 atom stereocenters. The third-order valence-electron chi connectivity index (χ3n) is 5.50. The first kappa shape index (κ1) is 20.1. The Bertz CT molecular complexity index is 1430. The van der Waals surface area contributed by atoms with Gasteiger partial charge in [-0.2, -0.15) is 0 Å². The van der Waals surface area contributed by atoms with Crippen molar-refractivity contribution in [2.24, 2.45) is 0 Å². The van der Waals surface area contributed by atoms with Crippen molar-refractivity contribution in [2.45, 2.75) is 6.04 Å². The van der Waals surface area contributed by atoms with Crippen LogP contribution in [0.15, 0.2) is 84.4 Å². The molecule has 0 aliphatic carbocycles. The Balaban J connectivity index is 1.73. The van der Waals surface area contributed by atoms with Gasteiger partial charge in [0.15, 0.2) is 0 Å². The first-order valence-corrected chi connectivity index (χ1v) is 10.0. The quantitative estimate of drug-likeness (QED) is 0.162. The number of nitro groups is 1. The first-order valence-electron chi connectivity index (χ1n) is 10.0. The molecule has 1 saturated heterocycles. The van der Waals surface area contributed by atoms with Crippen LogP contribution >= 0.6 is 0 Å². The summed E-state index contributed by atoms with van der Waals surface area (Å²) < 4.78 is 0. The normalized spacial score (nSPS) is 17.6. The van der Waals surface area contributed by atoms with E-state index in [4.69, 9.17) is 0 Å². The van der Waals surface area contributed by atoms with Gasteiger partial charge in [-0.3, -0.25) is 24.6 Å². The van der Waals surface area contributed by atoms with E-state index < -0.39 is 28.4 Å². The average Bonchev–Trinajstić information content (AvgIpc) is 3.38. The molecule has 1 fully saturated rings. The number of amides is 1. The fourth-order valence-corrected chi connectivity index (χ4v) is 3.98. The zero-order valence-electron chi connectivity index (χ0n) is 17.0. The minimum Gasteiger partial charge on any atom is -0.507 e. The number of Topliss-reactive ketones (excluding diaryl/α,β-unsaturated/α-hetero) is 1. The number of nitrogens with zero attached hydrogens (tertiary/aromatic N) is 3. The molecule has 1 aliphatic heterocycles. The van der Waals surface area contributed by atoms with E-state index in [1.165, 1.54) is 23.1 Å². The monoisotopic (exact) mass is 440 g/mol. The van der Waals surface area contributed by atoms with E-state index in [0.29, 0.717) is 16.6 Å². The highest BCUT2D eigenvalue weighted by atomic mass is 16.6. The highest BCUT2D eigenvalue weighted by Gasteiger charge is 2.48. The molecular formula is C24H16N4O5. The Labute approximate surface area is 186 Å². The zero-order chi connectivity index (χ0) is 23.1. The number of aliphatic hydroxyl groups excluding tert-OH is 1. The molecule has 4 aromatic rings. The van der Waals surface area contributed by atoms with Crippen LogP contribution < -0.4 is 4.90 Å². The van der Waals surface area contributed by atoms with E-state index in [0.717, 1.165) is 6.07 Å². The number of H-pyrrole nitrogens is 1. The summed E-state index contributed by atoms with van der Waals surface area (Å²) in [6, 6.07) is 20.2. The lowest BCUT2D eigenvalue weighted by atomic mass is 9.95. The van der Waals surface area contributed by atoms with Gasteiger partial charge >= 0.3 is 5.91 Å². The number of ketones is 1. The Hall–Kier alpha value is -4.79. The van der Waals surface area contributed by atoms with Crippen molar-refractivity contribution in [1.29, 1.82) is 0 Å². The summed E-state index contributed by atoms with van der Waals surface area (Å²) in [5.41, 5.74) is 1.51. The van der Waals surface area contributed by atoms with Gasteiger partial charge in [-0.1, -0.05) is 54.6 Å². The summed E-state index contributed by atoms with van der Waals surface area (Å²) >= 11 is 0. The maximum atomic E-state index is 13.2. The van der Waals surface area contributed by atoms with Crippen molar-refractivity contribution in [2.75, 3.05) is 4.90 Å². The number of nitrogens with one attached hydrogen (secondary N) is 1. The van der Waals surface area contributed by atoms with Crippen molar-refractivity contribution in [3.8, 4) is 0 Å². The van der Waals surface area contributed by atoms with E-state index in [-0.39, 0.29) is 22.8 Å². The molecule has 162 valence electrons. The van der Waals surface area contributed by atoms with E-state index in [2.05, 4.69) is 9.97 Å². The number of carbonyl (C=O) groups excluding carboxylic acids is 2. The molecule has 9 heteroatoms. The molecule has 33 heavy (non-hydrogen) atoms. The highest BCUT2D eigenvalue weighted by Crippen LogP contribution is 2.41. The number of fused-ring (bicyclic) bond motifs is 1. The van der Waals surface area contributed by atoms with Gasteiger partial charge in [0.2, 0.25) is 5.95 Å². The number of benzene rings is 3. The molecule has 1 unspecified atom stereocenters. The lowest BCUT2D eigenvalue weighted by Crippen LogP contribution is -2.30. The minimum atomic E-state index is -0.981. The molecule has 1 amide bonds. The molecule has 9 nitrogen and oxygen atoms in total. The van der Waals surface area contributed by atoms with Crippen molar-refractivity contribution < 1.29 is 19.6 Å². The summed E-state index contributed by atoms with van der Waals surface area (Å²) in [6.07, 6.45) is 0. The Morgan fingerprint density at radius 1 is 1.00 bits per heavy atom. The number of hydrogen-bond donors (Lipinski definition) is 2. The van der Waals surface area contributed by atoms with Gasteiger partial charge in [0.05, 0.1) is 27.6 Å². The van der Waals surface area contributed by atoms with Crippen LogP contribution in [0.4, 0.5) is 11.6 Å². The Morgan fingerprint density at radius 3 is 2.45 bits per heavy atom. The molecule has 0 spiro atoms. The second-order valence-corrected chi connectivity index (χ2v) is 7.46. The predicted molar refractivity (Wildman–Crippen MR) is 120 cm³/mol. The highest BCUT2D eigenvalue weighted by molar-refractivity contribution is 6.51. The number of nitro benzene ring substituents is 1. The van der Waals surface area contributed by atoms with Crippen LogP contribution in [-0.4, -0.2) is 31.7 Å². The van der Waals surface area contributed by atoms with E-state index in [1.807, 2.05) is 6.07 Å². The number of anilines is 1. The van der Waals surface area contributed by atoms with Crippen molar-refractivity contribution >= 4 is 40.1 Å². The topological polar surface area (TPSA) is 129 Å². The number of aromatic nitrogens is 2. The maximum Gasteiger partial charge on any atom is 0.302 e. The Kier molecular flexibility index (Phi) is 4.71. The molecule has 5 rings (SSSR count). The second-order valence-electron chi connectivity index (χ2n) is 7.46. The van der Waals surface area contributed by atoms with Crippen LogP contribution in [0.1, 0.15) is 17.2 Å². The summed E-state index contributed by atoms with van der Waals surface area (Å²) in [7, 11) is 0. The van der Waals surface area contributed by atoms with Crippen LogP contribution in [0.5, 0.6) is 0 Å². The van der Waals surface area contributed by atoms with Crippen LogP contribution in [0.25, 0.3) is 16.8 Å². The largest absolute Gasteiger partial charge is 0.507 e. The molecule has 3 aromatic carbocycles. The van der Waals surface area contributed by atoms with Gasteiger partial charge in [0.1, 0.15) is 5.76 Å². The maximum absolute atomic E-state index is 13.2. The number of non-ortho nitro benzene ring substituents is 1. The number of hydrogen-bond acceptors (Lipinski definition) is 6. The summed E-state index contributed by atoms with van der Waals surface area (Å²) in [4.78, 5) is 45.6. The van der Waals surface area contributed by atoms with E-state index in [1.54, 1.807) is 48.5 Å². The third kappa shape index (κ3) is 3.32. The van der Waals surface area contributed by atoms with Gasteiger partial charge in [-0.15, -0.1) is 0 Å². The first-order chi connectivity index (χ1) is 16.0. The number of imidazole rings is 1. The number of para-hydroxylation sites is 2. The fourth-order valence-electron chi connectivity index (χ4n) is 3.98. The molecule has 1 aliphatic rings. The van der Waals surface area contributed by atoms with Gasteiger partial charge in [0.25, 0.3) is 11.5 Å². The Morgan fingerprint density at radius 2 is 1.73 bits per heavy atom. The molecule has 0 bridgehead atoms. The SMILES string of the molecule is O=C1C(=O)N(c2nc3ccccc3[nH]2)C(c2ccccc2)/C1=C(\O)c1cccc([N+](=O)[O-])c1. The standard InChI is InChI=1S/C24H16N4O5/c29-21(15-9-6-10-16(13-15)28(32)33)19-20(14-7-2-1-3-8-14)27(23(31)22(19)30)24-25-17-11-4-5-12-18(17)26-24/h1-13,20,29H,(H,25,26)/b21-19+. The molecule has 0 radical (unpaired) electrons. The molecule has 2 N–H and O–H groups in total. The average molecular weight is 440 g/mol. The minimum absolute atomic E-state index is 0.0627. The zero-order valence-corrected chi connectivity index (χ0v) is 17.0. The van der Waals surface area contributed by atoms with Crippen molar-refractivity contribution in [1.82, 2.24) is 9.97 Å². The smallest absolute Gasteiger partial charge is 0.302 e. The van der Waals surface area contributed by atoms with Gasteiger partial charge in [-0.25, -0.2) is 4.98 Å². The molecule has 2 heterocycles. The van der Waals surface area contributed by atoms with Crippen LogP contribution in [0.3, 0.4) is 0 Å². The van der Waals surface area contributed by atoms with Gasteiger partial charge in [-0.05, 0) is 17.7 Å². The lowest BCUT2D eigenvalue weighted by Gasteiger charge is -2.23. The molecular weight excluding hydrogens is 424 g/mol. The van der Waals surface area contributed by atoms with Crippen LogP contribution in [-0.2, 0) is 9.59 Å². The molecule has 1 aromatic heterocycles. The van der Waals surface area contributed by atoms with E-state index in [9.17, 15) is 24.8 Å². The summed E-state index contributed by atoms with van der Waals surface area (Å²) in [5.74, 6) is -2.11. The number of carbonyl (C=O) groups is 2. The van der Waals surface area contributed by atoms with Crippen LogP contribution in [0.2, 0.25) is 0 Å². The molecule has 0 saturated carbocycles. The van der Waals surface area contributed by atoms with Gasteiger partial charge < -0.3 is 10.1 Å². The summed E-state index contributed by atoms with van der Waals surface area (Å²) in [5, 5.41) is 22.3. The third-order valence-corrected chi connectivity index (χ3v) is 5.50. The predicted octanol–water partition coefficient (Wildman–Crippen LogP) is 4.10. The lowest BCUT2D eigenvalue weighted by molar-refractivity contribution is -0.384. The van der Waals surface area contributed by atoms with Crippen LogP contribution in [0, 0.1) is 10.1 Å². The van der Waals surface area contributed by atoms with Crippen molar-refractivity contribution in [3.63, 3.8) is 0 Å². The summed E-state index contributed by atoms with van der Waals surface area (Å²) in [6.45, 7) is 0. The number of aliphatic hydroxyl groups is 1. The fraction of sp³-hybridized carbons (Fsp3) is 0.0417. The second kappa shape index (κ2) is 7.72.